The van der Waals surface area contributed by atoms with E-state index in [-0.39, 0.29) is 0 Å². The van der Waals surface area contributed by atoms with Crippen LogP contribution >= 0.6 is 0 Å². The van der Waals surface area contributed by atoms with Crippen molar-refractivity contribution < 1.29 is 0 Å². The summed E-state index contributed by atoms with van der Waals surface area (Å²) in [6.07, 6.45) is 1.92. The fourth-order valence-corrected chi connectivity index (χ4v) is 2.19. The lowest BCUT2D eigenvalue weighted by molar-refractivity contribution is 0.531. The van der Waals surface area contributed by atoms with Gasteiger partial charge >= 0.3 is 0 Å². The van der Waals surface area contributed by atoms with Crippen molar-refractivity contribution in [2.45, 2.75) is 53.2 Å². The molecule has 1 heterocycles. The van der Waals surface area contributed by atoms with E-state index < -0.39 is 0 Å². The summed E-state index contributed by atoms with van der Waals surface area (Å²) in [4.78, 5) is 0. The summed E-state index contributed by atoms with van der Waals surface area (Å²) in [6, 6.07) is 0.632. The van der Waals surface area contributed by atoms with Gasteiger partial charge in [0.2, 0.25) is 0 Å². The third kappa shape index (κ3) is 2.53. The highest BCUT2D eigenvalue weighted by molar-refractivity contribution is 5.28. The minimum atomic E-state index is 0.313. The van der Waals surface area contributed by atoms with Crippen molar-refractivity contribution in [1.82, 2.24) is 15.1 Å². The Bertz CT molecular complexity index is 365. The second kappa shape index (κ2) is 5.30. The average Bonchev–Trinajstić information content (AvgIpc) is 2.53. The molecule has 0 aromatic carbocycles. The van der Waals surface area contributed by atoms with Gasteiger partial charge in [-0.3, -0.25) is 4.68 Å². The first kappa shape index (κ1) is 13.0. The molecule has 1 rings (SSSR count). The van der Waals surface area contributed by atoms with Gasteiger partial charge in [-0.1, -0.05) is 6.08 Å². The molecule has 2 atom stereocenters. The zero-order valence-electron chi connectivity index (χ0n) is 11.0. The molecule has 0 aliphatic carbocycles. The molecule has 90 valence electrons. The summed E-state index contributed by atoms with van der Waals surface area (Å²) in [5.41, 5.74) is 3.70. The number of nitrogens with one attached hydrogen (secondary N) is 1. The molecule has 3 nitrogen and oxygen atoms in total. The topological polar surface area (TPSA) is 29.9 Å². The number of aryl methyl sites for hydroxylation is 2. The SMILES string of the molecule is C=CC(C)NC(C)c1c(C)nn(CC)c1C. The number of rotatable bonds is 5. The zero-order valence-corrected chi connectivity index (χ0v) is 11.0. The molecule has 1 aromatic rings. The van der Waals surface area contributed by atoms with Gasteiger partial charge in [-0.05, 0) is 34.6 Å². The molecule has 0 amide bonds. The molecule has 0 saturated heterocycles. The highest BCUT2D eigenvalue weighted by Gasteiger charge is 2.17. The van der Waals surface area contributed by atoms with Gasteiger partial charge in [0.15, 0.2) is 0 Å². The molecule has 1 aromatic heterocycles. The Morgan fingerprint density at radius 1 is 1.44 bits per heavy atom. The van der Waals surface area contributed by atoms with Crippen molar-refractivity contribution in [3.05, 3.63) is 29.6 Å². The Morgan fingerprint density at radius 2 is 2.06 bits per heavy atom. The van der Waals surface area contributed by atoms with Crippen LogP contribution in [0.1, 0.15) is 43.8 Å². The van der Waals surface area contributed by atoms with Gasteiger partial charge in [0.05, 0.1) is 5.69 Å². The molecular weight excluding hydrogens is 198 g/mol. The summed E-state index contributed by atoms with van der Waals surface area (Å²) < 4.78 is 2.06. The number of hydrogen-bond donors (Lipinski definition) is 1. The number of hydrogen-bond acceptors (Lipinski definition) is 2. The lowest BCUT2D eigenvalue weighted by Crippen LogP contribution is -2.27. The van der Waals surface area contributed by atoms with Gasteiger partial charge in [0.25, 0.3) is 0 Å². The van der Waals surface area contributed by atoms with Crippen molar-refractivity contribution in [2.75, 3.05) is 0 Å². The van der Waals surface area contributed by atoms with E-state index in [9.17, 15) is 0 Å². The van der Waals surface area contributed by atoms with E-state index in [0.717, 1.165) is 12.2 Å². The summed E-state index contributed by atoms with van der Waals surface area (Å²) in [6.45, 7) is 15.3. The third-order valence-electron chi connectivity index (χ3n) is 3.04. The lowest BCUT2D eigenvalue weighted by Gasteiger charge is -2.18. The molecule has 16 heavy (non-hydrogen) atoms. The second-order valence-corrected chi connectivity index (χ2v) is 4.31. The van der Waals surface area contributed by atoms with E-state index in [1.165, 1.54) is 11.3 Å². The minimum Gasteiger partial charge on any atom is -0.304 e. The molecule has 0 spiro atoms. The maximum atomic E-state index is 4.53. The number of aromatic nitrogens is 2. The Morgan fingerprint density at radius 3 is 2.50 bits per heavy atom. The van der Waals surface area contributed by atoms with E-state index in [2.05, 4.69) is 56.3 Å². The summed E-state index contributed by atoms with van der Waals surface area (Å²) in [7, 11) is 0. The van der Waals surface area contributed by atoms with Gasteiger partial charge in [0.1, 0.15) is 0 Å². The highest BCUT2D eigenvalue weighted by atomic mass is 15.3. The molecule has 0 bridgehead atoms. The molecule has 0 aliphatic rings. The summed E-state index contributed by atoms with van der Waals surface area (Å²) in [5.74, 6) is 0. The maximum Gasteiger partial charge on any atom is 0.0644 e. The smallest absolute Gasteiger partial charge is 0.0644 e. The lowest BCUT2D eigenvalue weighted by atomic mass is 10.1. The van der Waals surface area contributed by atoms with E-state index in [1.54, 1.807) is 0 Å². The van der Waals surface area contributed by atoms with Crippen LogP contribution in [0.15, 0.2) is 12.7 Å². The fourth-order valence-electron chi connectivity index (χ4n) is 2.19. The van der Waals surface area contributed by atoms with E-state index in [0.29, 0.717) is 12.1 Å². The molecule has 2 unspecified atom stereocenters. The standard InChI is InChI=1S/C13H23N3/c1-7-9(3)14-10(4)13-11(5)15-16(8-2)12(13)6/h7,9-10,14H,1,8H2,2-6H3. The van der Waals surface area contributed by atoms with Crippen LogP contribution in [-0.4, -0.2) is 15.8 Å². The van der Waals surface area contributed by atoms with Crippen molar-refractivity contribution in [2.24, 2.45) is 0 Å². The first-order valence-corrected chi connectivity index (χ1v) is 5.93. The fraction of sp³-hybridized carbons (Fsp3) is 0.615. The Hall–Kier alpha value is -1.09. The van der Waals surface area contributed by atoms with Crippen LogP contribution in [0.4, 0.5) is 0 Å². The van der Waals surface area contributed by atoms with Crippen LogP contribution in [0.2, 0.25) is 0 Å². The molecule has 3 heteroatoms. The van der Waals surface area contributed by atoms with Crippen molar-refractivity contribution in [3.63, 3.8) is 0 Å². The normalized spacial score (nSPS) is 14.8. The molecule has 0 aliphatic heterocycles. The predicted octanol–water partition coefficient (Wildman–Crippen LogP) is 2.74. The Kier molecular flexibility index (Phi) is 4.30. The van der Waals surface area contributed by atoms with Gasteiger partial charge in [-0.25, -0.2) is 0 Å². The second-order valence-electron chi connectivity index (χ2n) is 4.31. The van der Waals surface area contributed by atoms with E-state index in [1.807, 2.05) is 6.08 Å². The van der Waals surface area contributed by atoms with Crippen LogP contribution in [0.5, 0.6) is 0 Å². The van der Waals surface area contributed by atoms with Crippen LogP contribution in [0.3, 0.4) is 0 Å². The van der Waals surface area contributed by atoms with Gasteiger partial charge in [0, 0.05) is 29.9 Å². The summed E-state index contributed by atoms with van der Waals surface area (Å²) >= 11 is 0. The first-order chi connectivity index (χ1) is 7.51. The molecule has 0 fully saturated rings. The predicted molar refractivity (Wildman–Crippen MR) is 68.6 cm³/mol. The van der Waals surface area contributed by atoms with Crippen LogP contribution in [-0.2, 0) is 6.54 Å². The largest absolute Gasteiger partial charge is 0.304 e. The highest BCUT2D eigenvalue weighted by Crippen LogP contribution is 2.21. The van der Waals surface area contributed by atoms with E-state index >= 15 is 0 Å². The molecular formula is C13H23N3. The van der Waals surface area contributed by atoms with Crippen LogP contribution in [0, 0.1) is 13.8 Å². The van der Waals surface area contributed by atoms with Gasteiger partial charge in [-0.2, -0.15) is 5.10 Å². The van der Waals surface area contributed by atoms with Gasteiger partial charge < -0.3 is 5.32 Å². The minimum absolute atomic E-state index is 0.313. The molecule has 1 N–H and O–H groups in total. The molecule has 0 saturated carbocycles. The maximum absolute atomic E-state index is 4.53. The number of nitrogens with zero attached hydrogens (tertiary/aromatic N) is 2. The van der Waals surface area contributed by atoms with Crippen LogP contribution < -0.4 is 5.32 Å². The van der Waals surface area contributed by atoms with Crippen molar-refractivity contribution in [3.8, 4) is 0 Å². The zero-order chi connectivity index (χ0) is 12.3. The van der Waals surface area contributed by atoms with Gasteiger partial charge in [-0.15, -0.1) is 6.58 Å². The monoisotopic (exact) mass is 221 g/mol. The van der Waals surface area contributed by atoms with Crippen molar-refractivity contribution >= 4 is 0 Å². The average molecular weight is 221 g/mol. The molecule has 0 radical (unpaired) electrons. The summed E-state index contributed by atoms with van der Waals surface area (Å²) in [5, 5.41) is 8.03. The van der Waals surface area contributed by atoms with Crippen LogP contribution in [0.25, 0.3) is 0 Å². The quantitative estimate of drug-likeness (QED) is 0.775. The van der Waals surface area contributed by atoms with Crippen molar-refractivity contribution in [1.29, 1.82) is 0 Å². The Labute approximate surface area is 98.5 Å². The Balaban J connectivity index is 2.94. The third-order valence-corrected chi connectivity index (χ3v) is 3.04. The van der Waals surface area contributed by atoms with E-state index in [4.69, 9.17) is 0 Å². The first-order valence-electron chi connectivity index (χ1n) is 5.93.